The molecule has 53 heavy (non-hydrogen) atoms. The Kier molecular flexibility index (Phi) is 11.7. The normalized spacial score (nSPS) is 11.9. The molecule has 0 heterocycles. The van der Waals surface area contributed by atoms with Crippen LogP contribution in [0.4, 0.5) is 8.78 Å². The maximum atomic E-state index is 15.8. The molecule has 9 heteroatoms. The van der Waals surface area contributed by atoms with Gasteiger partial charge in [0.25, 0.3) is 0 Å². The van der Waals surface area contributed by atoms with Gasteiger partial charge in [-0.3, -0.25) is 0 Å². The minimum atomic E-state index is -6.71. The molecule has 0 spiro atoms. The van der Waals surface area contributed by atoms with Gasteiger partial charge in [-0.15, -0.1) is 0 Å². The van der Waals surface area contributed by atoms with Gasteiger partial charge in [0.15, 0.2) is 0 Å². The van der Waals surface area contributed by atoms with Crippen molar-refractivity contribution in [1.29, 1.82) is 0 Å². The van der Waals surface area contributed by atoms with Gasteiger partial charge in [0.05, 0.1) is 0 Å². The molecule has 4 nitrogen and oxygen atoms in total. The molecular weight excluding hydrogens is 820 g/mol. The molecule has 0 saturated heterocycles. The number of hydrogen-bond donors (Lipinski definition) is 0. The SMILES string of the molecule is O=[C](/C(=C/c1cccc(F)c1)c1ccc(Cl)cc1)[Sn]([C](=O)/C(=C/c1cccc(F)c1)c1ccc(Cl)cc1)([C](=O)c1ccccc1)[C](=O)c1ccccc1. The molecule has 0 radical (unpaired) electrons. The summed E-state index contributed by atoms with van der Waals surface area (Å²) < 4.78 is 25.4. The van der Waals surface area contributed by atoms with Crippen LogP contribution in [-0.2, 0) is 9.59 Å². The van der Waals surface area contributed by atoms with Crippen LogP contribution < -0.4 is 0 Å². The zero-order valence-electron chi connectivity index (χ0n) is 27.8. The third-order valence-electron chi connectivity index (χ3n) is 8.55. The van der Waals surface area contributed by atoms with Gasteiger partial charge in [0.1, 0.15) is 0 Å². The third-order valence-corrected chi connectivity index (χ3v) is 20.0. The maximum absolute atomic E-state index is 15.8. The fourth-order valence-electron chi connectivity index (χ4n) is 5.98. The number of benzene rings is 6. The Balaban J connectivity index is 1.74. The molecule has 6 rings (SSSR count). The molecule has 0 N–H and O–H groups in total. The van der Waals surface area contributed by atoms with E-state index in [1.807, 2.05) is 0 Å². The van der Waals surface area contributed by atoms with Crippen molar-refractivity contribution < 1.29 is 28.0 Å². The Morgan fingerprint density at radius 2 is 0.792 bits per heavy atom. The molecule has 0 unspecified atom stereocenters. The molecule has 0 aromatic heterocycles. The number of carbonyl (C=O) groups is 4. The summed E-state index contributed by atoms with van der Waals surface area (Å²) in [7, 11) is 0. The van der Waals surface area contributed by atoms with Crippen molar-refractivity contribution in [2.75, 3.05) is 0 Å². The Morgan fingerprint density at radius 3 is 1.13 bits per heavy atom. The van der Waals surface area contributed by atoms with Gasteiger partial charge in [0.2, 0.25) is 0 Å². The van der Waals surface area contributed by atoms with E-state index >= 15 is 19.2 Å². The van der Waals surface area contributed by atoms with Crippen LogP contribution in [0.1, 0.15) is 43.0 Å². The van der Waals surface area contributed by atoms with Crippen LogP contribution in [0.25, 0.3) is 23.3 Å². The van der Waals surface area contributed by atoms with E-state index in [-0.39, 0.29) is 44.5 Å². The number of allylic oxidation sites excluding steroid dienone is 2. The summed E-state index contributed by atoms with van der Waals surface area (Å²) in [6, 6.07) is 38.7. The molecule has 0 amide bonds. The standard InChI is InChI=1S/2C15H9ClFO.2C7H5O.Sn/c2*16-14-6-4-12(5-7-14)13(10-18)8-11-2-1-3-15(17)9-11;2*8-6-7-4-2-1-3-5-7;/h2*1-9H;2*1-5H;/b2*13-8-;;;. The van der Waals surface area contributed by atoms with Crippen LogP contribution in [0.2, 0.25) is 10.0 Å². The van der Waals surface area contributed by atoms with E-state index in [4.69, 9.17) is 23.2 Å². The quantitative estimate of drug-likeness (QED) is 0.0699. The Morgan fingerprint density at radius 1 is 0.434 bits per heavy atom. The van der Waals surface area contributed by atoms with Gasteiger partial charge >= 0.3 is 321 Å². The van der Waals surface area contributed by atoms with Crippen molar-refractivity contribution in [1.82, 2.24) is 0 Å². The molecule has 0 aliphatic heterocycles. The predicted molar refractivity (Wildman–Crippen MR) is 209 cm³/mol. The van der Waals surface area contributed by atoms with Crippen LogP contribution in [0.5, 0.6) is 0 Å². The number of carbonyl (C=O) groups excluding carboxylic acids is 4. The van der Waals surface area contributed by atoms with E-state index in [1.54, 1.807) is 48.5 Å². The topological polar surface area (TPSA) is 68.3 Å². The first-order valence-electron chi connectivity index (χ1n) is 16.3. The van der Waals surface area contributed by atoms with Gasteiger partial charge < -0.3 is 0 Å². The molecule has 0 aliphatic carbocycles. The number of rotatable bonds is 12. The third kappa shape index (κ3) is 8.20. The summed E-state index contributed by atoms with van der Waals surface area (Å²) in [4.78, 5) is 62.4. The molecule has 6 aromatic rings. The molecular formula is C44H28Cl2F2O4Sn. The summed E-state index contributed by atoms with van der Waals surface area (Å²) in [5.41, 5.74) is 0.709. The Labute approximate surface area is 318 Å². The van der Waals surface area contributed by atoms with Crippen molar-refractivity contribution in [3.63, 3.8) is 0 Å². The molecule has 260 valence electrons. The Bertz CT molecular complexity index is 2220. The first kappa shape index (κ1) is 37.5. The average molecular weight is 848 g/mol. The fourth-order valence-corrected chi connectivity index (χ4v) is 16.7. The summed E-state index contributed by atoms with van der Waals surface area (Å²) in [5, 5.41) is 0.696. The van der Waals surface area contributed by atoms with Crippen LogP contribution in [-0.4, -0.2) is 33.6 Å². The second-order valence-electron chi connectivity index (χ2n) is 12.0. The number of hydrogen-bond acceptors (Lipinski definition) is 4. The minimum absolute atomic E-state index is 0.00305. The van der Waals surface area contributed by atoms with Crippen LogP contribution in [0.3, 0.4) is 0 Å². The van der Waals surface area contributed by atoms with Crippen molar-refractivity contribution in [2.24, 2.45) is 0 Å². The van der Waals surface area contributed by atoms with Crippen LogP contribution >= 0.6 is 23.2 Å². The van der Waals surface area contributed by atoms with Crippen LogP contribution in [0, 0.1) is 11.6 Å². The first-order valence-corrected chi connectivity index (χ1v) is 22.8. The molecule has 6 aromatic carbocycles. The van der Waals surface area contributed by atoms with Gasteiger partial charge in [-0.05, 0) is 0 Å². The van der Waals surface area contributed by atoms with E-state index in [9.17, 15) is 8.78 Å². The predicted octanol–water partition coefficient (Wildman–Crippen LogP) is 10.6. The number of halogens is 4. The fraction of sp³-hybridized carbons (Fsp3) is 0. The molecule has 0 aliphatic rings. The van der Waals surface area contributed by atoms with E-state index in [0.717, 1.165) is 0 Å². The van der Waals surface area contributed by atoms with E-state index in [1.165, 1.54) is 121 Å². The molecule has 0 fully saturated rings. The molecule has 0 saturated carbocycles. The van der Waals surface area contributed by atoms with E-state index in [0.29, 0.717) is 10.0 Å². The summed E-state index contributed by atoms with van der Waals surface area (Å²) in [6.07, 6.45) is 2.75. The molecule has 0 bridgehead atoms. The summed E-state index contributed by atoms with van der Waals surface area (Å²) in [6.45, 7) is 0. The van der Waals surface area contributed by atoms with E-state index < -0.39 is 45.2 Å². The van der Waals surface area contributed by atoms with Crippen molar-refractivity contribution in [2.45, 2.75) is 0 Å². The Hall–Kier alpha value is -5.28. The monoisotopic (exact) mass is 848 g/mol. The summed E-state index contributed by atoms with van der Waals surface area (Å²) in [5.74, 6) is -1.17. The van der Waals surface area contributed by atoms with Gasteiger partial charge in [-0.2, -0.15) is 0 Å². The van der Waals surface area contributed by atoms with Gasteiger partial charge in [-0.25, -0.2) is 0 Å². The van der Waals surface area contributed by atoms with Crippen molar-refractivity contribution in [3.05, 3.63) is 213 Å². The zero-order valence-corrected chi connectivity index (χ0v) is 32.2. The van der Waals surface area contributed by atoms with E-state index in [2.05, 4.69) is 0 Å². The van der Waals surface area contributed by atoms with Gasteiger partial charge in [0, 0.05) is 0 Å². The van der Waals surface area contributed by atoms with Gasteiger partial charge in [-0.1, -0.05) is 0 Å². The zero-order chi connectivity index (χ0) is 37.5. The second kappa shape index (κ2) is 16.6. The van der Waals surface area contributed by atoms with Crippen molar-refractivity contribution in [3.8, 4) is 0 Å². The van der Waals surface area contributed by atoms with Crippen LogP contribution in [0.15, 0.2) is 158 Å². The average Bonchev–Trinajstić information content (AvgIpc) is 3.17. The molecule has 0 atom stereocenters. The van der Waals surface area contributed by atoms with Crippen molar-refractivity contribution >= 4 is 80.1 Å². The second-order valence-corrected chi connectivity index (χ2v) is 22.4. The first-order chi connectivity index (χ1) is 25.6. The summed E-state index contributed by atoms with van der Waals surface area (Å²) >= 11 is 5.77.